The minimum atomic E-state index is 0.259. The number of anilines is 1. The van der Waals surface area contributed by atoms with Gasteiger partial charge in [0.05, 0.1) is 6.61 Å². The van der Waals surface area contributed by atoms with Crippen molar-refractivity contribution in [1.82, 2.24) is 5.32 Å². The van der Waals surface area contributed by atoms with Gasteiger partial charge in [-0.1, -0.05) is 19.1 Å². The van der Waals surface area contributed by atoms with E-state index in [2.05, 4.69) is 55.3 Å². The summed E-state index contributed by atoms with van der Waals surface area (Å²) in [5.41, 5.74) is 2.92. The fourth-order valence-corrected chi connectivity index (χ4v) is 3.12. The quantitative estimate of drug-likeness (QED) is 0.744. The molecule has 0 spiro atoms. The van der Waals surface area contributed by atoms with E-state index in [1.54, 1.807) is 0 Å². The maximum absolute atomic E-state index is 5.73. The third kappa shape index (κ3) is 4.45. The van der Waals surface area contributed by atoms with Gasteiger partial charge >= 0.3 is 0 Å². The topological polar surface area (TPSA) is 24.5 Å². The van der Waals surface area contributed by atoms with E-state index in [9.17, 15) is 0 Å². The summed E-state index contributed by atoms with van der Waals surface area (Å²) in [5, 5.41) is 3.60. The van der Waals surface area contributed by atoms with Crippen LogP contribution in [-0.4, -0.2) is 39.4 Å². The number of nitrogens with one attached hydrogen (secondary N) is 1. The Hall–Kier alpha value is -1.06. The molecule has 1 aliphatic heterocycles. The van der Waals surface area contributed by atoms with Crippen molar-refractivity contribution in [2.75, 3.05) is 44.3 Å². The summed E-state index contributed by atoms with van der Waals surface area (Å²) in [6, 6.07) is 8.82. The van der Waals surface area contributed by atoms with Gasteiger partial charge in [0.1, 0.15) is 0 Å². The smallest absolute Gasteiger partial charge is 0.0552 e. The van der Waals surface area contributed by atoms with Crippen LogP contribution in [-0.2, 0) is 4.74 Å². The van der Waals surface area contributed by atoms with Crippen molar-refractivity contribution in [3.8, 4) is 0 Å². The molecule has 0 saturated carbocycles. The molecule has 1 aromatic carbocycles. The van der Waals surface area contributed by atoms with Crippen LogP contribution in [0.4, 0.5) is 5.69 Å². The van der Waals surface area contributed by atoms with Crippen molar-refractivity contribution in [2.24, 2.45) is 5.41 Å². The van der Waals surface area contributed by atoms with Crippen LogP contribution in [0.3, 0.4) is 0 Å². The average Bonchev–Trinajstić information content (AvgIpc) is 2.94. The molecule has 2 rings (SSSR count). The molecule has 1 N–H and O–H groups in total. The Morgan fingerprint density at radius 3 is 2.81 bits per heavy atom. The molecule has 1 fully saturated rings. The Kier molecular flexibility index (Phi) is 6.07. The van der Waals surface area contributed by atoms with Gasteiger partial charge in [-0.15, -0.1) is 0 Å². The lowest BCUT2D eigenvalue weighted by Gasteiger charge is -2.35. The molecule has 3 heteroatoms. The molecule has 0 aliphatic carbocycles. The molecule has 118 valence electrons. The van der Waals surface area contributed by atoms with Crippen LogP contribution in [0.5, 0.6) is 0 Å². The van der Waals surface area contributed by atoms with Crippen molar-refractivity contribution in [3.05, 3.63) is 29.8 Å². The summed E-state index contributed by atoms with van der Waals surface area (Å²) < 4.78 is 5.73. The van der Waals surface area contributed by atoms with Crippen LogP contribution < -0.4 is 10.2 Å². The SMILES string of the molecule is CCCNCC1(CN(CC)c2cccc(C)c2)CCOC1. The second kappa shape index (κ2) is 7.81. The molecule has 1 aliphatic rings. The predicted molar refractivity (Wildman–Crippen MR) is 90.1 cm³/mol. The highest BCUT2D eigenvalue weighted by molar-refractivity contribution is 5.48. The van der Waals surface area contributed by atoms with Gasteiger partial charge in [-0.2, -0.15) is 0 Å². The van der Waals surface area contributed by atoms with E-state index in [0.717, 1.165) is 45.8 Å². The predicted octanol–water partition coefficient (Wildman–Crippen LogP) is 3.23. The minimum Gasteiger partial charge on any atom is -0.381 e. The van der Waals surface area contributed by atoms with Crippen molar-refractivity contribution in [3.63, 3.8) is 0 Å². The standard InChI is InChI=1S/C18H30N2O/c1-4-10-19-13-18(9-11-21-15-18)14-20(5-2)17-8-6-7-16(3)12-17/h6-8,12,19H,4-5,9-11,13-15H2,1-3H3. The number of aryl methyl sites for hydroxylation is 1. The van der Waals surface area contributed by atoms with E-state index in [1.807, 2.05) is 0 Å². The van der Waals surface area contributed by atoms with Gasteiger partial charge in [0.2, 0.25) is 0 Å². The van der Waals surface area contributed by atoms with E-state index in [-0.39, 0.29) is 5.41 Å². The van der Waals surface area contributed by atoms with Crippen molar-refractivity contribution in [2.45, 2.75) is 33.6 Å². The monoisotopic (exact) mass is 290 g/mol. The lowest BCUT2D eigenvalue weighted by Crippen LogP contribution is -2.45. The average molecular weight is 290 g/mol. The fraction of sp³-hybridized carbons (Fsp3) is 0.667. The zero-order valence-electron chi connectivity index (χ0n) is 13.8. The number of benzene rings is 1. The van der Waals surface area contributed by atoms with Crippen LogP contribution in [0.2, 0.25) is 0 Å². The molecule has 1 aromatic rings. The molecule has 1 saturated heterocycles. The maximum Gasteiger partial charge on any atom is 0.0552 e. The highest BCUT2D eigenvalue weighted by Crippen LogP contribution is 2.31. The zero-order chi connectivity index (χ0) is 15.1. The lowest BCUT2D eigenvalue weighted by atomic mass is 9.86. The van der Waals surface area contributed by atoms with E-state index in [4.69, 9.17) is 4.74 Å². The summed E-state index contributed by atoms with van der Waals surface area (Å²) in [6.45, 7) is 12.7. The van der Waals surface area contributed by atoms with Crippen molar-refractivity contribution in [1.29, 1.82) is 0 Å². The van der Waals surface area contributed by atoms with Crippen molar-refractivity contribution >= 4 is 5.69 Å². The third-order valence-electron chi connectivity index (χ3n) is 4.39. The van der Waals surface area contributed by atoms with E-state index < -0.39 is 0 Å². The van der Waals surface area contributed by atoms with Crippen molar-refractivity contribution < 1.29 is 4.74 Å². The van der Waals surface area contributed by atoms with Crippen LogP contribution >= 0.6 is 0 Å². The van der Waals surface area contributed by atoms with Gasteiger partial charge in [0.25, 0.3) is 0 Å². The molecule has 1 atom stereocenters. The minimum absolute atomic E-state index is 0.259. The Morgan fingerprint density at radius 2 is 2.19 bits per heavy atom. The van der Waals surface area contributed by atoms with Gasteiger partial charge in [0.15, 0.2) is 0 Å². The highest BCUT2D eigenvalue weighted by Gasteiger charge is 2.36. The summed E-state index contributed by atoms with van der Waals surface area (Å²) >= 11 is 0. The molecule has 3 nitrogen and oxygen atoms in total. The van der Waals surface area contributed by atoms with Crippen LogP contribution in [0.25, 0.3) is 0 Å². The van der Waals surface area contributed by atoms with Gasteiger partial charge in [-0.25, -0.2) is 0 Å². The molecule has 1 unspecified atom stereocenters. The molecule has 0 aromatic heterocycles. The second-order valence-electron chi connectivity index (χ2n) is 6.33. The summed E-state index contributed by atoms with van der Waals surface area (Å²) in [6.07, 6.45) is 2.35. The largest absolute Gasteiger partial charge is 0.381 e. The Bertz CT molecular complexity index is 427. The molecular weight excluding hydrogens is 260 g/mol. The van der Waals surface area contributed by atoms with E-state index in [1.165, 1.54) is 17.7 Å². The Labute approximate surface area is 129 Å². The van der Waals surface area contributed by atoms with E-state index >= 15 is 0 Å². The number of hydrogen-bond donors (Lipinski definition) is 1. The first-order chi connectivity index (χ1) is 10.2. The first-order valence-corrected chi connectivity index (χ1v) is 8.29. The van der Waals surface area contributed by atoms with Gasteiger partial charge in [-0.3, -0.25) is 0 Å². The van der Waals surface area contributed by atoms with Gasteiger partial charge < -0.3 is 15.0 Å². The number of ether oxygens (including phenoxy) is 1. The number of hydrogen-bond acceptors (Lipinski definition) is 3. The van der Waals surface area contributed by atoms with Crippen LogP contribution in [0.15, 0.2) is 24.3 Å². The molecule has 0 radical (unpaired) electrons. The Morgan fingerprint density at radius 1 is 1.33 bits per heavy atom. The van der Waals surface area contributed by atoms with Crippen LogP contribution in [0.1, 0.15) is 32.3 Å². The summed E-state index contributed by atoms with van der Waals surface area (Å²) in [7, 11) is 0. The van der Waals surface area contributed by atoms with Gasteiger partial charge in [-0.05, 0) is 50.9 Å². The number of rotatable bonds is 8. The van der Waals surface area contributed by atoms with Crippen LogP contribution in [0, 0.1) is 12.3 Å². The van der Waals surface area contributed by atoms with Gasteiger partial charge in [0, 0.05) is 37.3 Å². The van der Waals surface area contributed by atoms with E-state index in [0.29, 0.717) is 0 Å². The first-order valence-electron chi connectivity index (χ1n) is 8.29. The highest BCUT2D eigenvalue weighted by atomic mass is 16.5. The lowest BCUT2D eigenvalue weighted by molar-refractivity contribution is 0.152. The molecule has 21 heavy (non-hydrogen) atoms. The summed E-state index contributed by atoms with van der Waals surface area (Å²) in [4.78, 5) is 2.50. The normalized spacial score (nSPS) is 21.7. The Balaban J connectivity index is 2.06. The number of nitrogens with zero attached hydrogens (tertiary/aromatic N) is 1. The zero-order valence-corrected chi connectivity index (χ0v) is 13.8. The molecular formula is C18H30N2O. The molecule has 0 amide bonds. The summed E-state index contributed by atoms with van der Waals surface area (Å²) in [5.74, 6) is 0. The third-order valence-corrected chi connectivity index (χ3v) is 4.39. The maximum atomic E-state index is 5.73. The molecule has 1 heterocycles. The molecule has 0 bridgehead atoms. The second-order valence-corrected chi connectivity index (χ2v) is 6.33. The fourth-order valence-electron chi connectivity index (χ4n) is 3.12. The first kappa shape index (κ1) is 16.3.